The molecule has 1 saturated heterocycles. The second-order valence-corrected chi connectivity index (χ2v) is 8.01. The van der Waals surface area contributed by atoms with Crippen LogP contribution in [0.5, 0.6) is 0 Å². The van der Waals surface area contributed by atoms with Gasteiger partial charge in [-0.05, 0) is 52.7 Å². The molecule has 0 amide bonds. The molecule has 3 rings (SSSR count). The maximum atomic E-state index is 12.1. The summed E-state index contributed by atoms with van der Waals surface area (Å²) in [6.45, 7) is 5.38. The third-order valence-electron chi connectivity index (χ3n) is 5.89. The van der Waals surface area contributed by atoms with Gasteiger partial charge in [-0.2, -0.15) is 0 Å². The zero-order chi connectivity index (χ0) is 18.4. The molecule has 25 heavy (non-hydrogen) atoms. The van der Waals surface area contributed by atoms with Gasteiger partial charge in [-0.3, -0.25) is 4.79 Å². The van der Waals surface area contributed by atoms with Crippen molar-refractivity contribution in [1.29, 1.82) is 0 Å². The number of Topliss-reactive ketones (excluding diaryl/α,β-unsaturated/α-hetero) is 1. The van der Waals surface area contributed by atoms with E-state index in [-0.39, 0.29) is 23.2 Å². The standard InChI is InChI=1S/C18H24BrN3O3/c1-10-8-12(14(17(24)25-3)21-16(10)19)22-6-4-18(5-7-22)9-13(23)11(2)15(18)20/h8,11,15H,4-7,9,20H2,1-3H3/t11-,15+/m1/s1. The number of halogens is 1. The molecule has 1 saturated carbocycles. The Hall–Kier alpha value is -1.47. The second-order valence-electron chi connectivity index (χ2n) is 7.26. The number of aryl methyl sites for hydroxylation is 1. The van der Waals surface area contributed by atoms with Crippen molar-refractivity contribution in [2.24, 2.45) is 17.1 Å². The normalized spacial score (nSPS) is 25.5. The molecule has 6 nitrogen and oxygen atoms in total. The molecule has 1 aliphatic heterocycles. The third-order valence-corrected chi connectivity index (χ3v) is 6.69. The van der Waals surface area contributed by atoms with Gasteiger partial charge in [0.2, 0.25) is 0 Å². The molecular formula is C18H24BrN3O3. The molecule has 1 aromatic heterocycles. The number of aromatic nitrogens is 1. The van der Waals surface area contributed by atoms with Crippen molar-refractivity contribution in [3.63, 3.8) is 0 Å². The Morgan fingerprint density at radius 1 is 1.44 bits per heavy atom. The molecule has 2 fully saturated rings. The van der Waals surface area contributed by atoms with E-state index in [4.69, 9.17) is 10.5 Å². The van der Waals surface area contributed by atoms with Gasteiger partial charge >= 0.3 is 5.97 Å². The first-order valence-corrected chi connectivity index (χ1v) is 9.37. The monoisotopic (exact) mass is 409 g/mol. The molecule has 0 radical (unpaired) electrons. The van der Waals surface area contributed by atoms with Crippen LogP contribution in [0.4, 0.5) is 5.69 Å². The van der Waals surface area contributed by atoms with Crippen molar-refractivity contribution in [1.82, 2.24) is 4.98 Å². The minimum atomic E-state index is -0.447. The number of pyridine rings is 1. The number of esters is 1. The molecule has 1 spiro atoms. The Morgan fingerprint density at radius 3 is 2.60 bits per heavy atom. The van der Waals surface area contributed by atoms with Gasteiger partial charge in [-0.25, -0.2) is 9.78 Å². The molecule has 0 unspecified atom stereocenters. The van der Waals surface area contributed by atoms with Gasteiger partial charge in [0.1, 0.15) is 10.4 Å². The fourth-order valence-corrected chi connectivity index (χ4v) is 4.42. The van der Waals surface area contributed by atoms with Gasteiger partial charge in [0.15, 0.2) is 5.69 Å². The molecule has 2 atom stereocenters. The van der Waals surface area contributed by atoms with Crippen LogP contribution in [-0.4, -0.2) is 43.0 Å². The van der Waals surface area contributed by atoms with E-state index in [9.17, 15) is 9.59 Å². The SMILES string of the molecule is COC(=O)c1nc(Br)c(C)cc1N1CCC2(CC1)CC(=O)[C@@H](C)[C@@H]2N. The van der Waals surface area contributed by atoms with Crippen LogP contribution < -0.4 is 10.6 Å². The van der Waals surface area contributed by atoms with Crippen molar-refractivity contribution in [2.45, 2.75) is 39.2 Å². The summed E-state index contributed by atoms with van der Waals surface area (Å²) >= 11 is 3.38. The summed E-state index contributed by atoms with van der Waals surface area (Å²) in [6, 6.07) is 1.89. The highest BCUT2D eigenvalue weighted by atomic mass is 79.9. The molecule has 0 aromatic carbocycles. The lowest BCUT2D eigenvalue weighted by Crippen LogP contribution is -2.48. The highest BCUT2D eigenvalue weighted by Gasteiger charge is 2.50. The summed E-state index contributed by atoms with van der Waals surface area (Å²) in [6.07, 6.45) is 2.27. The first kappa shape index (κ1) is 18.3. The molecule has 2 N–H and O–H groups in total. The Kier molecular flexibility index (Phi) is 4.90. The van der Waals surface area contributed by atoms with Gasteiger partial charge in [0.05, 0.1) is 12.8 Å². The van der Waals surface area contributed by atoms with Crippen LogP contribution in [0.3, 0.4) is 0 Å². The fraction of sp³-hybridized carbons (Fsp3) is 0.611. The number of ketones is 1. The average molecular weight is 410 g/mol. The minimum Gasteiger partial charge on any atom is -0.464 e. The summed E-state index contributed by atoms with van der Waals surface area (Å²) in [5.41, 5.74) is 8.34. The van der Waals surface area contributed by atoms with Crippen molar-refractivity contribution in [3.8, 4) is 0 Å². The maximum absolute atomic E-state index is 12.1. The van der Waals surface area contributed by atoms with Crippen molar-refractivity contribution >= 4 is 33.4 Å². The van der Waals surface area contributed by atoms with Gasteiger partial charge in [-0.15, -0.1) is 0 Å². The van der Waals surface area contributed by atoms with E-state index < -0.39 is 5.97 Å². The molecule has 0 bridgehead atoms. The predicted octanol–water partition coefficient (Wildman–Crippen LogP) is 2.46. The van der Waals surface area contributed by atoms with Crippen LogP contribution in [0.2, 0.25) is 0 Å². The highest BCUT2D eigenvalue weighted by Crippen LogP contribution is 2.47. The summed E-state index contributed by atoms with van der Waals surface area (Å²) in [4.78, 5) is 30.8. The zero-order valence-electron chi connectivity index (χ0n) is 14.8. The average Bonchev–Trinajstić information content (AvgIpc) is 2.81. The smallest absolute Gasteiger partial charge is 0.358 e. The number of rotatable bonds is 2. The summed E-state index contributed by atoms with van der Waals surface area (Å²) in [5.74, 6) is -0.233. The molecule has 2 heterocycles. The fourth-order valence-electron chi connectivity index (χ4n) is 4.12. The van der Waals surface area contributed by atoms with Crippen LogP contribution in [0.25, 0.3) is 0 Å². The molecule has 2 aliphatic rings. The number of hydrogen-bond donors (Lipinski definition) is 1. The van der Waals surface area contributed by atoms with Gasteiger partial charge in [0.25, 0.3) is 0 Å². The van der Waals surface area contributed by atoms with Crippen molar-refractivity contribution in [2.75, 3.05) is 25.1 Å². The van der Waals surface area contributed by atoms with Crippen LogP contribution in [0.1, 0.15) is 42.2 Å². The Balaban J connectivity index is 1.85. The number of nitrogens with zero attached hydrogens (tertiary/aromatic N) is 2. The minimum absolute atomic E-state index is 0.0613. The van der Waals surface area contributed by atoms with Crippen LogP contribution in [0.15, 0.2) is 10.7 Å². The Labute approximate surface area is 156 Å². The quantitative estimate of drug-likeness (QED) is 0.596. The van der Waals surface area contributed by atoms with E-state index in [1.807, 2.05) is 19.9 Å². The molecular weight excluding hydrogens is 386 g/mol. The lowest BCUT2D eigenvalue weighted by atomic mass is 9.73. The van der Waals surface area contributed by atoms with Crippen LogP contribution in [0, 0.1) is 18.3 Å². The number of nitrogens with two attached hydrogens (primary N) is 1. The molecule has 1 aliphatic carbocycles. The van der Waals surface area contributed by atoms with E-state index in [0.717, 1.165) is 37.2 Å². The maximum Gasteiger partial charge on any atom is 0.358 e. The third kappa shape index (κ3) is 3.08. The summed E-state index contributed by atoms with van der Waals surface area (Å²) in [7, 11) is 1.36. The van der Waals surface area contributed by atoms with Crippen molar-refractivity contribution < 1.29 is 14.3 Å². The van der Waals surface area contributed by atoms with E-state index >= 15 is 0 Å². The summed E-state index contributed by atoms with van der Waals surface area (Å²) < 4.78 is 5.53. The van der Waals surface area contributed by atoms with E-state index in [2.05, 4.69) is 25.8 Å². The summed E-state index contributed by atoms with van der Waals surface area (Å²) in [5, 5.41) is 0. The number of methoxy groups -OCH3 is 1. The number of piperidine rings is 1. The largest absolute Gasteiger partial charge is 0.464 e. The van der Waals surface area contributed by atoms with Gasteiger partial charge in [0, 0.05) is 31.5 Å². The van der Waals surface area contributed by atoms with Crippen LogP contribution in [-0.2, 0) is 9.53 Å². The molecule has 136 valence electrons. The number of carbonyl (C=O) groups is 2. The van der Waals surface area contributed by atoms with Gasteiger partial charge in [-0.1, -0.05) is 6.92 Å². The topological polar surface area (TPSA) is 85.5 Å². The number of carbonyl (C=O) groups excluding carboxylic acids is 2. The number of anilines is 1. The lowest BCUT2D eigenvalue weighted by Gasteiger charge is -2.43. The number of ether oxygens (including phenoxy) is 1. The van der Waals surface area contributed by atoms with Crippen LogP contribution >= 0.6 is 15.9 Å². The highest BCUT2D eigenvalue weighted by molar-refractivity contribution is 9.10. The lowest BCUT2D eigenvalue weighted by molar-refractivity contribution is -0.120. The van der Waals surface area contributed by atoms with Gasteiger partial charge < -0.3 is 15.4 Å². The Bertz CT molecular complexity index is 714. The number of hydrogen-bond acceptors (Lipinski definition) is 6. The molecule has 7 heteroatoms. The van der Waals surface area contributed by atoms with E-state index in [0.29, 0.717) is 16.7 Å². The predicted molar refractivity (Wildman–Crippen MR) is 98.7 cm³/mol. The zero-order valence-corrected chi connectivity index (χ0v) is 16.4. The first-order chi connectivity index (χ1) is 11.8. The molecule has 1 aromatic rings. The van der Waals surface area contributed by atoms with E-state index in [1.165, 1.54) is 7.11 Å². The van der Waals surface area contributed by atoms with E-state index in [1.54, 1.807) is 0 Å². The van der Waals surface area contributed by atoms with Crippen molar-refractivity contribution in [3.05, 3.63) is 21.9 Å². The Morgan fingerprint density at radius 2 is 2.08 bits per heavy atom. The second kappa shape index (κ2) is 6.68. The first-order valence-electron chi connectivity index (χ1n) is 8.58.